The number of phenols is 1. The maximum atomic E-state index is 15.2. The Morgan fingerprint density at radius 2 is 1.30 bits per heavy atom. The van der Waals surface area contributed by atoms with E-state index in [9.17, 15) is 19.5 Å². The number of likely N-dealkylation sites (N-methyl/N-ethyl adjacent to an activating group) is 1. The molecule has 7 N–H and O–H groups in total. The number of aromatic nitrogens is 1. The molecule has 1 aromatic heterocycles. The fraction of sp³-hybridized carbons (Fsp3) is 0.362. The van der Waals surface area contributed by atoms with Crippen LogP contribution in [0, 0.1) is 0 Å². The van der Waals surface area contributed by atoms with E-state index in [1.54, 1.807) is 58.3 Å². The van der Waals surface area contributed by atoms with Crippen molar-refractivity contribution in [3.63, 3.8) is 0 Å². The molecule has 3 heterocycles. The fourth-order valence-corrected chi connectivity index (χ4v) is 9.93. The highest BCUT2D eigenvalue weighted by molar-refractivity contribution is 5.96. The quantitative estimate of drug-likeness (QED) is 0.0299. The summed E-state index contributed by atoms with van der Waals surface area (Å²) in [6, 6.07) is 37.4. The lowest BCUT2D eigenvalue weighted by Crippen LogP contribution is -2.62. The van der Waals surface area contributed by atoms with Crippen molar-refractivity contribution >= 4 is 40.8 Å². The summed E-state index contributed by atoms with van der Waals surface area (Å²) >= 11 is 0. The van der Waals surface area contributed by atoms with Crippen LogP contribution in [0.2, 0.25) is 0 Å². The Morgan fingerprint density at radius 3 is 1.89 bits per heavy atom. The third-order valence-electron chi connectivity index (χ3n) is 13.7. The number of ether oxygens (including phenoxy) is 4. The number of carbonyl (C=O) groups is 5. The van der Waals surface area contributed by atoms with E-state index in [0.717, 1.165) is 38.7 Å². The molecule has 0 aliphatic carbocycles. The van der Waals surface area contributed by atoms with Crippen LogP contribution in [-0.2, 0) is 61.4 Å². The van der Waals surface area contributed by atoms with Crippen molar-refractivity contribution in [2.24, 2.45) is 0 Å². The Kier molecular flexibility index (Phi) is 17.1. The van der Waals surface area contributed by atoms with Gasteiger partial charge in [0, 0.05) is 23.5 Å². The third kappa shape index (κ3) is 12.1. The highest BCUT2D eigenvalue weighted by atomic mass is 16.8. The molecule has 2 aliphatic heterocycles. The first kappa shape index (κ1) is 53.1. The first-order chi connectivity index (χ1) is 35.7. The Bertz CT molecular complexity index is 2750. The molecule has 6 aromatic rings. The average molecular weight is 1010 g/mol. The van der Waals surface area contributed by atoms with Crippen molar-refractivity contribution in [2.75, 3.05) is 7.05 Å². The maximum absolute atomic E-state index is 15.2. The van der Waals surface area contributed by atoms with E-state index in [1.807, 2.05) is 122 Å². The van der Waals surface area contributed by atoms with Gasteiger partial charge in [0.2, 0.25) is 23.6 Å². The molecule has 74 heavy (non-hydrogen) atoms. The smallest absolute Gasteiger partial charge is 0.245 e. The van der Waals surface area contributed by atoms with Gasteiger partial charge in [-0.25, -0.2) is 0 Å². The molecule has 2 aliphatic rings. The van der Waals surface area contributed by atoms with Gasteiger partial charge >= 0.3 is 0 Å². The van der Waals surface area contributed by atoms with Gasteiger partial charge < -0.3 is 60.4 Å². The minimum atomic E-state index is -1.46. The van der Waals surface area contributed by atoms with E-state index in [-0.39, 0.29) is 25.0 Å². The van der Waals surface area contributed by atoms with Crippen LogP contribution in [-0.4, -0.2) is 108 Å². The molecule has 388 valence electrons. The van der Waals surface area contributed by atoms with Gasteiger partial charge in [-0.15, -0.1) is 0 Å². The molecule has 2 saturated heterocycles. The number of aromatic hydroxyl groups is 1. The van der Waals surface area contributed by atoms with Crippen molar-refractivity contribution in [2.45, 2.75) is 126 Å². The zero-order valence-corrected chi connectivity index (χ0v) is 42.3. The molecule has 2 unspecified atom stereocenters. The number of rotatable bonds is 23. The number of hydrogen-bond donors (Lipinski definition) is 7. The van der Waals surface area contributed by atoms with E-state index >= 15 is 9.59 Å². The predicted molar refractivity (Wildman–Crippen MR) is 278 cm³/mol. The number of nitrogens with one attached hydrogen (secondary N) is 6. The summed E-state index contributed by atoms with van der Waals surface area (Å²) in [5, 5.41) is 25.7. The predicted octanol–water partition coefficient (Wildman–Crippen LogP) is 5.85. The molecule has 8 rings (SSSR count). The van der Waals surface area contributed by atoms with Gasteiger partial charge in [-0.3, -0.25) is 19.2 Å². The number of phenolic OH excluding ortho intramolecular Hbond substituents is 1. The largest absolute Gasteiger partial charge is 0.508 e. The monoisotopic (exact) mass is 1010 g/mol. The molecule has 16 nitrogen and oxygen atoms in total. The van der Waals surface area contributed by atoms with E-state index in [2.05, 4.69) is 31.6 Å². The number of carbonyl (C=O) groups excluding carboxylic acids is 5. The second-order valence-electron chi connectivity index (χ2n) is 19.4. The molecular weight excluding hydrogens is 941 g/mol. The molecule has 0 saturated carbocycles. The number of aldehydes is 1. The molecule has 9 atom stereocenters. The van der Waals surface area contributed by atoms with E-state index in [0.29, 0.717) is 19.1 Å². The molecule has 5 aromatic carbocycles. The van der Waals surface area contributed by atoms with E-state index < -0.39 is 89.8 Å². The van der Waals surface area contributed by atoms with Crippen LogP contribution in [0.25, 0.3) is 10.9 Å². The van der Waals surface area contributed by atoms with Gasteiger partial charge in [0.05, 0.1) is 18.2 Å². The van der Waals surface area contributed by atoms with Crippen LogP contribution in [0.1, 0.15) is 74.8 Å². The van der Waals surface area contributed by atoms with Crippen LogP contribution in [0.4, 0.5) is 0 Å². The Hall–Kier alpha value is -7.21. The number of para-hydroxylation sites is 1. The Balaban J connectivity index is 1.13. The van der Waals surface area contributed by atoms with Gasteiger partial charge in [0.1, 0.15) is 41.7 Å². The van der Waals surface area contributed by atoms with Crippen LogP contribution in [0.5, 0.6) is 5.75 Å². The maximum Gasteiger partial charge on any atom is 0.245 e. The number of hydrogen-bond acceptors (Lipinski definition) is 11. The normalized spacial score (nSPS) is 20.1. The summed E-state index contributed by atoms with van der Waals surface area (Å²) in [5.74, 6) is -3.45. The number of amides is 4. The number of aromatic amines is 1. The number of unbranched alkanes of at least 4 members (excludes halogenated alkanes) is 1. The van der Waals surface area contributed by atoms with Crippen LogP contribution < -0.4 is 26.6 Å². The summed E-state index contributed by atoms with van der Waals surface area (Å²) in [6.07, 6.45) is 0.00877. The van der Waals surface area contributed by atoms with Crippen LogP contribution in [0.3, 0.4) is 0 Å². The van der Waals surface area contributed by atoms with Gasteiger partial charge in [0.15, 0.2) is 18.4 Å². The van der Waals surface area contributed by atoms with Crippen molar-refractivity contribution in [1.29, 1.82) is 0 Å². The molecular formula is C58H66N6O10. The molecule has 2 fully saturated rings. The SMILES string of the molecule is CCCC[C@H](NC(=O)[C@@H](Cc1c[nH]c2ccccc12)NC(=O)[C@H](Cc1ccc(O)cc1)NC)C(=O)N[C@H](C(=O)N[C@H]1C2OC(C)(C)O[C@H]2O[C@@H]1C=O)C(C)OC(c1ccccc1)(c1ccccc1)c1ccccc1. The van der Waals surface area contributed by atoms with Gasteiger partial charge in [-0.1, -0.05) is 141 Å². The van der Waals surface area contributed by atoms with Gasteiger partial charge in [0.25, 0.3) is 0 Å². The molecule has 0 spiro atoms. The van der Waals surface area contributed by atoms with Crippen LogP contribution >= 0.6 is 0 Å². The summed E-state index contributed by atoms with van der Waals surface area (Å²) in [6.45, 7) is 7.07. The van der Waals surface area contributed by atoms with Gasteiger partial charge in [-0.2, -0.15) is 0 Å². The number of benzene rings is 5. The summed E-state index contributed by atoms with van der Waals surface area (Å²) in [4.78, 5) is 75.0. The number of fused-ring (bicyclic) bond motifs is 2. The lowest BCUT2D eigenvalue weighted by molar-refractivity contribution is -0.205. The van der Waals surface area contributed by atoms with Crippen molar-refractivity contribution < 1.29 is 48.0 Å². The zero-order chi connectivity index (χ0) is 52.4. The topological polar surface area (TPSA) is 218 Å². The van der Waals surface area contributed by atoms with Crippen molar-refractivity contribution in [3.8, 4) is 5.75 Å². The highest BCUT2D eigenvalue weighted by Gasteiger charge is 2.56. The Morgan fingerprint density at radius 1 is 0.730 bits per heavy atom. The summed E-state index contributed by atoms with van der Waals surface area (Å²) < 4.78 is 25.3. The lowest BCUT2D eigenvalue weighted by Gasteiger charge is -2.40. The minimum Gasteiger partial charge on any atom is -0.508 e. The molecule has 0 bridgehead atoms. The van der Waals surface area contributed by atoms with Crippen LogP contribution in [0.15, 0.2) is 146 Å². The van der Waals surface area contributed by atoms with E-state index in [1.165, 1.54) is 0 Å². The minimum absolute atomic E-state index is 0.0713. The second-order valence-corrected chi connectivity index (χ2v) is 19.4. The van der Waals surface area contributed by atoms with Gasteiger partial charge in [-0.05, 0) is 86.7 Å². The standard InChI is InChI=1S/C58H66N6O10/c1-6-7-26-45(61-54(69)47(33-38-34-60-44-27-18-17-25-43(38)44)62-53(68)46(59-5)32-37-28-30-42(66)31-29-37)52(67)63-49(55(70)64-50-48(35-65)71-56-51(50)73-57(3,4)74-56)36(2)72-58(39-19-11-8-12-20-39,40-21-13-9-14-22-40)41-23-15-10-16-24-41/h8-25,27-31,34-36,45-51,56,59-60,66H,6-7,26,32-33H2,1-5H3,(H,61,69)(H,62,68)(H,63,67)(H,64,70)/t36?,45-,46-,47+,48+,49-,50+,51?,56+/m0/s1. The first-order valence-electron chi connectivity index (χ1n) is 25.3. The molecule has 0 radical (unpaired) electrons. The summed E-state index contributed by atoms with van der Waals surface area (Å²) in [7, 11) is 1.65. The summed E-state index contributed by atoms with van der Waals surface area (Å²) in [5.41, 5.74) is 3.32. The lowest BCUT2D eigenvalue weighted by atomic mass is 9.79. The Labute approximate surface area is 431 Å². The molecule has 16 heteroatoms. The second kappa shape index (κ2) is 23.8. The van der Waals surface area contributed by atoms with Crippen molar-refractivity contribution in [1.82, 2.24) is 31.6 Å². The fourth-order valence-electron chi connectivity index (χ4n) is 9.93. The molecule has 4 amide bonds. The highest BCUT2D eigenvalue weighted by Crippen LogP contribution is 2.42. The van der Waals surface area contributed by atoms with Crippen molar-refractivity contribution in [3.05, 3.63) is 174 Å². The first-order valence-corrected chi connectivity index (χ1v) is 25.3. The third-order valence-corrected chi connectivity index (χ3v) is 13.7. The number of H-pyrrole nitrogens is 1. The zero-order valence-electron chi connectivity index (χ0n) is 42.3. The van der Waals surface area contributed by atoms with E-state index in [4.69, 9.17) is 18.9 Å². The average Bonchev–Trinajstić information content (AvgIpc) is 4.07.